The standard InChI is InChI=1S/C18H15NO4S/c1-2-15(24-12-8-4-3-5-9-12)18(22)23-19-16(20)13-10-6-7-11-14(13)17(19)21/h3-11,15H,2H2,1H3. The highest BCUT2D eigenvalue weighted by Crippen LogP contribution is 2.28. The number of benzene rings is 2. The van der Waals surface area contributed by atoms with Crippen LogP contribution in [0.1, 0.15) is 34.1 Å². The summed E-state index contributed by atoms with van der Waals surface area (Å²) in [5.41, 5.74) is 0.498. The van der Waals surface area contributed by atoms with Gasteiger partial charge in [0, 0.05) is 4.90 Å². The molecule has 1 aliphatic rings. The quantitative estimate of drug-likeness (QED) is 0.617. The van der Waals surface area contributed by atoms with E-state index in [4.69, 9.17) is 4.84 Å². The highest BCUT2D eigenvalue weighted by Gasteiger charge is 2.39. The monoisotopic (exact) mass is 341 g/mol. The molecule has 2 amide bonds. The predicted octanol–water partition coefficient (Wildman–Crippen LogP) is 3.31. The molecule has 3 rings (SSSR count). The molecule has 0 N–H and O–H groups in total. The molecule has 0 radical (unpaired) electrons. The van der Waals surface area contributed by atoms with Crippen LogP contribution in [0.15, 0.2) is 59.5 Å². The summed E-state index contributed by atoms with van der Waals surface area (Å²) in [5.74, 6) is -1.83. The van der Waals surface area contributed by atoms with E-state index in [1.807, 2.05) is 37.3 Å². The van der Waals surface area contributed by atoms with Gasteiger partial charge in [-0.25, -0.2) is 4.79 Å². The van der Waals surface area contributed by atoms with E-state index in [0.717, 1.165) is 4.90 Å². The zero-order valence-corrected chi connectivity index (χ0v) is 13.8. The van der Waals surface area contributed by atoms with Gasteiger partial charge in [-0.2, -0.15) is 0 Å². The van der Waals surface area contributed by atoms with Gasteiger partial charge in [-0.3, -0.25) is 9.59 Å². The Hall–Kier alpha value is -2.60. The zero-order valence-electron chi connectivity index (χ0n) is 13.0. The Morgan fingerprint density at radius 2 is 1.54 bits per heavy atom. The lowest BCUT2D eigenvalue weighted by atomic mass is 10.1. The molecular weight excluding hydrogens is 326 g/mol. The van der Waals surface area contributed by atoms with Gasteiger partial charge in [0.05, 0.1) is 11.1 Å². The Labute approximate surface area is 143 Å². The average molecular weight is 341 g/mol. The summed E-state index contributed by atoms with van der Waals surface area (Å²) in [6.07, 6.45) is 0.515. The third-order valence-electron chi connectivity index (χ3n) is 3.59. The third-order valence-corrected chi connectivity index (χ3v) is 4.95. The van der Waals surface area contributed by atoms with Crippen LogP contribution in [-0.4, -0.2) is 28.1 Å². The Morgan fingerprint density at radius 1 is 1.00 bits per heavy atom. The van der Waals surface area contributed by atoms with Gasteiger partial charge in [0.25, 0.3) is 11.8 Å². The van der Waals surface area contributed by atoms with E-state index in [2.05, 4.69) is 0 Å². The number of carbonyl (C=O) groups excluding carboxylic acids is 3. The fourth-order valence-electron chi connectivity index (χ4n) is 2.36. The summed E-state index contributed by atoms with van der Waals surface area (Å²) in [5, 5.41) is 0.0537. The topological polar surface area (TPSA) is 63.7 Å². The normalized spacial score (nSPS) is 14.5. The first-order valence-electron chi connectivity index (χ1n) is 7.53. The van der Waals surface area contributed by atoms with Gasteiger partial charge in [-0.05, 0) is 30.7 Å². The lowest BCUT2D eigenvalue weighted by Crippen LogP contribution is -2.35. The van der Waals surface area contributed by atoms with Crippen molar-refractivity contribution in [1.29, 1.82) is 0 Å². The molecule has 0 fully saturated rings. The van der Waals surface area contributed by atoms with Gasteiger partial charge in [0.15, 0.2) is 0 Å². The van der Waals surface area contributed by atoms with Crippen LogP contribution in [0.5, 0.6) is 0 Å². The molecule has 0 bridgehead atoms. The van der Waals surface area contributed by atoms with Gasteiger partial charge >= 0.3 is 5.97 Å². The number of thioether (sulfide) groups is 1. The van der Waals surface area contributed by atoms with Crippen LogP contribution in [-0.2, 0) is 9.63 Å². The first-order chi connectivity index (χ1) is 11.6. The molecule has 2 aromatic carbocycles. The number of hydrogen-bond acceptors (Lipinski definition) is 5. The van der Waals surface area contributed by atoms with E-state index in [0.29, 0.717) is 11.5 Å². The Balaban J connectivity index is 1.72. The Bertz CT molecular complexity index is 756. The molecule has 122 valence electrons. The molecule has 1 heterocycles. The summed E-state index contributed by atoms with van der Waals surface area (Å²) in [7, 11) is 0. The van der Waals surface area contributed by atoms with Gasteiger partial charge in [-0.1, -0.05) is 42.3 Å². The average Bonchev–Trinajstić information content (AvgIpc) is 2.86. The number of fused-ring (bicyclic) bond motifs is 1. The first-order valence-corrected chi connectivity index (χ1v) is 8.41. The van der Waals surface area contributed by atoms with Gasteiger partial charge in [0.1, 0.15) is 5.25 Å². The van der Waals surface area contributed by atoms with E-state index in [-0.39, 0.29) is 11.1 Å². The zero-order chi connectivity index (χ0) is 17.1. The first kappa shape index (κ1) is 16.3. The van der Waals surface area contributed by atoms with Crippen LogP contribution in [0.3, 0.4) is 0 Å². The van der Waals surface area contributed by atoms with Crippen molar-refractivity contribution in [2.45, 2.75) is 23.5 Å². The smallest absolute Gasteiger partial charge is 0.328 e. The fraction of sp³-hybridized carbons (Fsp3) is 0.167. The van der Waals surface area contributed by atoms with Crippen molar-refractivity contribution in [3.8, 4) is 0 Å². The molecule has 1 atom stereocenters. The van der Waals surface area contributed by atoms with Crippen LogP contribution < -0.4 is 0 Å². The number of rotatable bonds is 5. The molecule has 24 heavy (non-hydrogen) atoms. The maximum Gasteiger partial charge on any atom is 0.346 e. The van der Waals surface area contributed by atoms with Crippen molar-refractivity contribution in [1.82, 2.24) is 5.06 Å². The number of imide groups is 1. The number of nitrogens with zero attached hydrogens (tertiary/aromatic N) is 1. The largest absolute Gasteiger partial charge is 0.346 e. The molecule has 1 aliphatic heterocycles. The Morgan fingerprint density at radius 3 is 2.08 bits per heavy atom. The second-order valence-electron chi connectivity index (χ2n) is 5.19. The minimum absolute atomic E-state index is 0.249. The van der Waals surface area contributed by atoms with E-state index in [1.54, 1.807) is 24.3 Å². The summed E-state index contributed by atoms with van der Waals surface area (Å²) in [6, 6.07) is 15.8. The van der Waals surface area contributed by atoms with Gasteiger partial charge in [-0.15, -0.1) is 11.8 Å². The van der Waals surface area contributed by atoms with Crippen molar-refractivity contribution in [3.05, 3.63) is 65.7 Å². The predicted molar refractivity (Wildman–Crippen MR) is 89.4 cm³/mol. The van der Waals surface area contributed by atoms with Gasteiger partial charge in [0.2, 0.25) is 0 Å². The minimum atomic E-state index is -0.610. The number of carbonyl (C=O) groups is 3. The fourth-order valence-corrected chi connectivity index (χ4v) is 3.31. The lowest BCUT2D eigenvalue weighted by molar-refractivity contribution is -0.167. The van der Waals surface area contributed by atoms with Gasteiger partial charge < -0.3 is 4.84 Å². The molecular formula is C18H15NO4S. The molecule has 0 aliphatic carbocycles. The Kier molecular flexibility index (Phi) is 4.66. The molecule has 1 unspecified atom stereocenters. The SMILES string of the molecule is CCC(Sc1ccccc1)C(=O)ON1C(=O)c2ccccc2C1=O. The van der Waals surface area contributed by atoms with E-state index in [1.165, 1.54) is 11.8 Å². The van der Waals surface area contributed by atoms with Crippen LogP contribution in [0.25, 0.3) is 0 Å². The summed E-state index contributed by atoms with van der Waals surface area (Å²) in [4.78, 5) is 42.9. The second kappa shape index (κ2) is 6.88. The van der Waals surface area contributed by atoms with Crippen LogP contribution in [0.2, 0.25) is 0 Å². The lowest BCUT2D eigenvalue weighted by Gasteiger charge is -2.17. The van der Waals surface area contributed by atoms with E-state index < -0.39 is 23.0 Å². The molecule has 0 saturated heterocycles. The number of hydrogen-bond donors (Lipinski definition) is 0. The summed E-state index contributed by atoms with van der Waals surface area (Å²) < 4.78 is 0. The molecule has 2 aromatic rings. The van der Waals surface area contributed by atoms with E-state index >= 15 is 0 Å². The molecule has 5 nitrogen and oxygen atoms in total. The van der Waals surface area contributed by atoms with Crippen molar-refractivity contribution < 1.29 is 19.2 Å². The van der Waals surface area contributed by atoms with E-state index in [9.17, 15) is 14.4 Å². The van der Waals surface area contributed by atoms with Crippen LogP contribution >= 0.6 is 11.8 Å². The second-order valence-corrected chi connectivity index (χ2v) is 6.46. The highest BCUT2D eigenvalue weighted by molar-refractivity contribution is 8.00. The molecule has 0 aromatic heterocycles. The van der Waals surface area contributed by atoms with Crippen molar-refractivity contribution in [2.75, 3.05) is 0 Å². The third kappa shape index (κ3) is 3.05. The summed E-state index contributed by atoms with van der Waals surface area (Å²) in [6.45, 7) is 1.85. The minimum Gasteiger partial charge on any atom is -0.328 e. The van der Waals surface area contributed by atoms with Crippen LogP contribution in [0, 0.1) is 0 Å². The summed E-state index contributed by atoms with van der Waals surface area (Å²) >= 11 is 1.34. The van der Waals surface area contributed by atoms with Crippen LogP contribution in [0.4, 0.5) is 0 Å². The molecule has 0 saturated carbocycles. The molecule has 0 spiro atoms. The molecule has 6 heteroatoms. The highest BCUT2D eigenvalue weighted by atomic mass is 32.2. The number of amides is 2. The maximum atomic E-state index is 12.4. The number of hydroxylamine groups is 2. The van der Waals surface area contributed by atoms with Crippen molar-refractivity contribution in [2.24, 2.45) is 0 Å². The van der Waals surface area contributed by atoms with Crippen molar-refractivity contribution >= 4 is 29.5 Å². The maximum absolute atomic E-state index is 12.4. The van der Waals surface area contributed by atoms with Crippen molar-refractivity contribution in [3.63, 3.8) is 0 Å².